The minimum Gasteiger partial charge on any atom is -0.497 e. The first-order valence-corrected chi connectivity index (χ1v) is 10.2. The van der Waals surface area contributed by atoms with Gasteiger partial charge in [0.25, 0.3) is 5.56 Å². The van der Waals surface area contributed by atoms with Crippen molar-refractivity contribution in [3.8, 4) is 5.75 Å². The Morgan fingerprint density at radius 2 is 1.93 bits per heavy atom. The molecule has 2 aromatic heterocycles. The van der Waals surface area contributed by atoms with Crippen molar-refractivity contribution in [1.82, 2.24) is 19.2 Å². The van der Waals surface area contributed by atoms with E-state index in [2.05, 4.69) is 41.1 Å². The summed E-state index contributed by atoms with van der Waals surface area (Å²) in [5.74, 6) is 2.14. The van der Waals surface area contributed by atoms with E-state index in [1.165, 1.54) is 5.56 Å². The first-order valence-electron chi connectivity index (χ1n) is 10.2. The predicted octanol–water partition coefficient (Wildman–Crippen LogP) is 2.44. The zero-order chi connectivity index (χ0) is 20.0. The van der Waals surface area contributed by atoms with Gasteiger partial charge < -0.3 is 4.74 Å². The highest BCUT2D eigenvalue weighted by Crippen LogP contribution is 2.44. The summed E-state index contributed by atoms with van der Waals surface area (Å²) in [6.07, 6.45) is 1.77. The standard InChI is InChI=1S/C23H26N4O2/c1-25-12-17-13-26(14-18-11-22(28)27-10-4-3-5-21(27)24-18)15-20(17)23(25)16-6-8-19(29-2)9-7-16/h3-11,17,20,23H,12-15H2,1-2H3/t17-,20+,23-/m0/s1. The average Bonchev–Trinajstić information content (AvgIpc) is 3.23. The average molecular weight is 390 g/mol. The van der Waals surface area contributed by atoms with Gasteiger partial charge in [0.15, 0.2) is 0 Å². The summed E-state index contributed by atoms with van der Waals surface area (Å²) in [5, 5.41) is 0. The second-order valence-electron chi connectivity index (χ2n) is 8.29. The molecule has 4 heterocycles. The molecule has 29 heavy (non-hydrogen) atoms. The van der Waals surface area contributed by atoms with E-state index in [9.17, 15) is 4.79 Å². The molecule has 0 bridgehead atoms. The van der Waals surface area contributed by atoms with Gasteiger partial charge in [0.05, 0.1) is 12.8 Å². The molecule has 0 amide bonds. The van der Waals surface area contributed by atoms with Gasteiger partial charge in [-0.15, -0.1) is 0 Å². The monoisotopic (exact) mass is 390 g/mol. The molecule has 6 heteroatoms. The number of pyridine rings is 1. The summed E-state index contributed by atoms with van der Waals surface area (Å²) in [7, 11) is 3.93. The number of hydrogen-bond donors (Lipinski definition) is 0. The van der Waals surface area contributed by atoms with E-state index >= 15 is 0 Å². The van der Waals surface area contributed by atoms with Crippen molar-refractivity contribution in [2.75, 3.05) is 33.8 Å². The molecule has 2 saturated heterocycles. The van der Waals surface area contributed by atoms with E-state index in [1.54, 1.807) is 23.8 Å². The van der Waals surface area contributed by atoms with Gasteiger partial charge in [-0.1, -0.05) is 18.2 Å². The normalized spacial score (nSPS) is 24.8. The van der Waals surface area contributed by atoms with Gasteiger partial charge in [-0.3, -0.25) is 19.0 Å². The van der Waals surface area contributed by atoms with E-state index < -0.39 is 0 Å². The molecule has 0 unspecified atom stereocenters. The number of nitrogens with zero attached hydrogens (tertiary/aromatic N) is 4. The molecule has 0 spiro atoms. The van der Waals surface area contributed by atoms with Crippen LogP contribution in [0, 0.1) is 11.8 Å². The third-order valence-corrected chi connectivity index (χ3v) is 6.44. The fourth-order valence-electron chi connectivity index (χ4n) is 5.19. The van der Waals surface area contributed by atoms with Crippen LogP contribution in [0.4, 0.5) is 0 Å². The summed E-state index contributed by atoms with van der Waals surface area (Å²) in [4.78, 5) is 22.0. The highest BCUT2D eigenvalue weighted by atomic mass is 16.5. The third kappa shape index (κ3) is 3.32. The highest BCUT2D eigenvalue weighted by Gasteiger charge is 2.45. The summed E-state index contributed by atoms with van der Waals surface area (Å²) >= 11 is 0. The van der Waals surface area contributed by atoms with Crippen LogP contribution in [0.15, 0.2) is 59.5 Å². The van der Waals surface area contributed by atoms with Gasteiger partial charge in [-0.25, -0.2) is 4.98 Å². The van der Waals surface area contributed by atoms with Crippen LogP contribution in [-0.4, -0.2) is 53.0 Å². The SMILES string of the molecule is COc1ccc([C@H]2[C@@H]3CN(Cc4cc(=O)n5ccccc5n4)C[C@@H]3CN2C)cc1. The Hall–Kier alpha value is -2.70. The van der Waals surface area contributed by atoms with Gasteiger partial charge in [0.1, 0.15) is 11.4 Å². The quantitative estimate of drug-likeness (QED) is 0.685. The summed E-state index contributed by atoms with van der Waals surface area (Å²) < 4.78 is 6.91. The minimum atomic E-state index is -0.0131. The van der Waals surface area contributed by atoms with Crippen molar-refractivity contribution in [3.05, 3.63) is 76.3 Å². The Labute approximate surface area is 170 Å². The van der Waals surface area contributed by atoms with Gasteiger partial charge >= 0.3 is 0 Å². The van der Waals surface area contributed by atoms with E-state index in [-0.39, 0.29) is 5.56 Å². The largest absolute Gasteiger partial charge is 0.497 e. The number of fused-ring (bicyclic) bond motifs is 2. The van der Waals surface area contributed by atoms with Crippen LogP contribution in [0.2, 0.25) is 0 Å². The molecule has 2 fully saturated rings. The van der Waals surface area contributed by atoms with Crippen LogP contribution in [0.1, 0.15) is 17.3 Å². The number of methoxy groups -OCH3 is 1. The minimum absolute atomic E-state index is 0.0131. The van der Waals surface area contributed by atoms with Crippen molar-refractivity contribution in [3.63, 3.8) is 0 Å². The number of ether oxygens (including phenoxy) is 1. The van der Waals surface area contributed by atoms with Crippen molar-refractivity contribution in [1.29, 1.82) is 0 Å². The first kappa shape index (κ1) is 18.3. The van der Waals surface area contributed by atoms with Crippen LogP contribution in [0.25, 0.3) is 5.65 Å². The van der Waals surface area contributed by atoms with Crippen molar-refractivity contribution < 1.29 is 4.74 Å². The van der Waals surface area contributed by atoms with Gasteiger partial charge in [0, 0.05) is 44.5 Å². The molecule has 0 N–H and O–H groups in total. The van der Waals surface area contributed by atoms with Crippen LogP contribution >= 0.6 is 0 Å². The number of hydrogen-bond acceptors (Lipinski definition) is 5. The Morgan fingerprint density at radius 1 is 1.10 bits per heavy atom. The van der Waals surface area contributed by atoms with Gasteiger partial charge in [0.2, 0.25) is 0 Å². The molecule has 5 rings (SSSR count). The predicted molar refractivity (Wildman–Crippen MR) is 112 cm³/mol. The lowest BCUT2D eigenvalue weighted by atomic mass is 9.89. The summed E-state index contributed by atoms with van der Waals surface area (Å²) in [6.45, 7) is 3.91. The number of benzene rings is 1. The molecule has 0 radical (unpaired) electrons. The lowest BCUT2D eigenvalue weighted by molar-refractivity contribution is 0.223. The Morgan fingerprint density at radius 3 is 2.72 bits per heavy atom. The fourth-order valence-corrected chi connectivity index (χ4v) is 5.19. The molecule has 3 atom stereocenters. The molecular formula is C23H26N4O2. The molecule has 0 saturated carbocycles. The van der Waals surface area contributed by atoms with Gasteiger partial charge in [-0.05, 0) is 48.7 Å². The molecule has 3 aromatic rings. The highest BCUT2D eigenvalue weighted by molar-refractivity contribution is 5.38. The molecule has 1 aromatic carbocycles. The Bertz CT molecular complexity index is 1080. The van der Waals surface area contributed by atoms with E-state index in [0.717, 1.165) is 37.6 Å². The number of aromatic nitrogens is 2. The zero-order valence-electron chi connectivity index (χ0n) is 16.9. The summed E-state index contributed by atoms with van der Waals surface area (Å²) in [6, 6.07) is 16.2. The molecule has 150 valence electrons. The Kier molecular flexibility index (Phi) is 4.60. The number of rotatable bonds is 4. The van der Waals surface area contributed by atoms with E-state index in [0.29, 0.717) is 23.5 Å². The van der Waals surface area contributed by atoms with E-state index in [1.807, 2.05) is 18.2 Å². The van der Waals surface area contributed by atoms with Crippen molar-refractivity contribution in [2.24, 2.45) is 11.8 Å². The molecule has 0 aliphatic carbocycles. The number of likely N-dealkylation sites (tertiary alicyclic amines) is 2. The second-order valence-corrected chi connectivity index (χ2v) is 8.29. The first-order chi connectivity index (χ1) is 14.1. The maximum absolute atomic E-state index is 12.4. The smallest absolute Gasteiger partial charge is 0.258 e. The third-order valence-electron chi connectivity index (χ3n) is 6.44. The Balaban J connectivity index is 1.35. The van der Waals surface area contributed by atoms with Crippen LogP contribution in [0.3, 0.4) is 0 Å². The van der Waals surface area contributed by atoms with Gasteiger partial charge in [-0.2, -0.15) is 0 Å². The lowest BCUT2D eigenvalue weighted by Gasteiger charge is -2.27. The summed E-state index contributed by atoms with van der Waals surface area (Å²) in [5.41, 5.74) is 2.91. The van der Waals surface area contributed by atoms with Crippen LogP contribution in [-0.2, 0) is 6.54 Å². The van der Waals surface area contributed by atoms with Crippen molar-refractivity contribution >= 4 is 5.65 Å². The second kappa shape index (κ2) is 7.28. The molecule has 6 nitrogen and oxygen atoms in total. The zero-order valence-corrected chi connectivity index (χ0v) is 16.9. The molecular weight excluding hydrogens is 364 g/mol. The molecule has 2 aliphatic heterocycles. The van der Waals surface area contributed by atoms with Crippen LogP contribution < -0.4 is 10.3 Å². The molecule has 2 aliphatic rings. The van der Waals surface area contributed by atoms with Crippen molar-refractivity contribution in [2.45, 2.75) is 12.6 Å². The maximum Gasteiger partial charge on any atom is 0.258 e. The lowest BCUT2D eigenvalue weighted by Crippen LogP contribution is -2.29. The fraction of sp³-hybridized carbons (Fsp3) is 0.391. The topological polar surface area (TPSA) is 50.1 Å². The van der Waals surface area contributed by atoms with Crippen LogP contribution in [0.5, 0.6) is 5.75 Å². The van der Waals surface area contributed by atoms with E-state index in [4.69, 9.17) is 9.72 Å². The maximum atomic E-state index is 12.4.